The summed E-state index contributed by atoms with van der Waals surface area (Å²) < 4.78 is 0. The molecule has 2 aromatic carbocycles. The predicted molar refractivity (Wildman–Crippen MR) is 96.6 cm³/mol. The second-order valence-corrected chi connectivity index (χ2v) is 6.16. The number of thiazole rings is 1. The number of unbranched alkanes of at least 4 members (excludes halogenated alkanes) is 1. The predicted octanol–water partition coefficient (Wildman–Crippen LogP) is 4.57. The zero-order chi connectivity index (χ0) is 16.1. The Balaban J connectivity index is 1.74. The van der Waals surface area contributed by atoms with Crippen LogP contribution in [0.3, 0.4) is 0 Å². The molecule has 0 saturated carbocycles. The second kappa shape index (κ2) is 7.24. The van der Waals surface area contributed by atoms with E-state index in [1.807, 2.05) is 24.3 Å². The van der Waals surface area contributed by atoms with Crippen molar-refractivity contribution in [1.82, 2.24) is 10.3 Å². The number of amides is 1. The van der Waals surface area contributed by atoms with Crippen LogP contribution >= 0.6 is 11.3 Å². The number of rotatable bonds is 6. The molecule has 0 atom stereocenters. The first-order valence-corrected chi connectivity index (χ1v) is 8.64. The van der Waals surface area contributed by atoms with Crippen molar-refractivity contribution in [1.29, 1.82) is 0 Å². The third kappa shape index (κ3) is 3.68. The molecule has 0 bridgehead atoms. The van der Waals surface area contributed by atoms with Crippen LogP contribution in [-0.2, 0) is 0 Å². The van der Waals surface area contributed by atoms with Gasteiger partial charge in [-0.1, -0.05) is 49.7 Å². The lowest BCUT2D eigenvalue weighted by atomic mass is 10.1. The molecule has 3 rings (SSSR count). The van der Waals surface area contributed by atoms with E-state index in [9.17, 15) is 4.79 Å². The van der Waals surface area contributed by atoms with Crippen molar-refractivity contribution in [2.75, 3.05) is 11.9 Å². The van der Waals surface area contributed by atoms with Crippen LogP contribution in [0.2, 0.25) is 0 Å². The lowest BCUT2D eigenvalue weighted by molar-refractivity contribution is 0.0949. The monoisotopic (exact) mass is 325 g/mol. The largest absolute Gasteiger partial charge is 0.351 e. The third-order valence-corrected chi connectivity index (χ3v) is 4.34. The maximum Gasteiger partial charge on any atom is 0.270 e. The molecule has 0 aliphatic carbocycles. The highest BCUT2D eigenvalue weighted by atomic mass is 32.1. The van der Waals surface area contributed by atoms with Crippen LogP contribution in [0, 0.1) is 0 Å². The van der Waals surface area contributed by atoms with Crippen LogP contribution < -0.4 is 10.6 Å². The smallest absolute Gasteiger partial charge is 0.270 e. The normalized spacial score (nSPS) is 10.7. The second-order valence-electron chi connectivity index (χ2n) is 5.30. The molecule has 0 spiro atoms. The minimum Gasteiger partial charge on any atom is -0.351 e. The van der Waals surface area contributed by atoms with Gasteiger partial charge in [0.2, 0.25) is 0 Å². The Bertz CT molecular complexity index is 807. The topological polar surface area (TPSA) is 54.0 Å². The van der Waals surface area contributed by atoms with E-state index in [4.69, 9.17) is 0 Å². The Morgan fingerprint density at radius 1 is 1.17 bits per heavy atom. The first kappa shape index (κ1) is 15.5. The summed E-state index contributed by atoms with van der Waals surface area (Å²) in [7, 11) is 0. The summed E-state index contributed by atoms with van der Waals surface area (Å²) in [5.41, 5.74) is 1.46. The van der Waals surface area contributed by atoms with Crippen LogP contribution in [0.4, 0.5) is 10.8 Å². The molecular weight excluding hydrogens is 306 g/mol. The molecule has 0 saturated heterocycles. The molecule has 3 aromatic rings. The van der Waals surface area contributed by atoms with E-state index < -0.39 is 0 Å². The van der Waals surface area contributed by atoms with Gasteiger partial charge in [0.05, 0.1) is 0 Å². The Morgan fingerprint density at radius 3 is 2.87 bits per heavy atom. The van der Waals surface area contributed by atoms with Crippen molar-refractivity contribution in [3.8, 4) is 0 Å². The van der Waals surface area contributed by atoms with Gasteiger partial charge in [-0.25, -0.2) is 4.98 Å². The molecule has 4 nitrogen and oxygen atoms in total. The lowest BCUT2D eigenvalue weighted by Gasteiger charge is -2.07. The van der Waals surface area contributed by atoms with Crippen molar-refractivity contribution < 1.29 is 4.79 Å². The van der Waals surface area contributed by atoms with Crippen molar-refractivity contribution in [3.63, 3.8) is 0 Å². The van der Waals surface area contributed by atoms with Gasteiger partial charge in [-0.05, 0) is 17.9 Å². The molecule has 118 valence electrons. The maximum absolute atomic E-state index is 12.0. The number of carbonyl (C=O) groups excluding carboxylic acids is 1. The summed E-state index contributed by atoms with van der Waals surface area (Å²) in [6.07, 6.45) is 2.04. The highest BCUT2D eigenvalue weighted by Crippen LogP contribution is 2.27. The molecule has 1 heterocycles. The van der Waals surface area contributed by atoms with Crippen LogP contribution in [0.1, 0.15) is 30.3 Å². The van der Waals surface area contributed by atoms with Gasteiger partial charge in [0, 0.05) is 23.0 Å². The fourth-order valence-electron chi connectivity index (χ4n) is 2.35. The van der Waals surface area contributed by atoms with Crippen LogP contribution in [-0.4, -0.2) is 17.4 Å². The Kier molecular flexibility index (Phi) is 4.88. The number of hydrogen-bond donors (Lipinski definition) is 2. The van der Waals surface area contributed by atoms with Gasteiger partial charge in [0.15, 0.2) is 5.13 Å². The number of anilines is 2. The van der Waals surface area contributed by atoms with Crippen molar-refractivity contribution >= 4 is 38.8 Å². The zero-order valence-electron chi connectivity index (χ0n) is 13.0. The number of nitrogens with zero attached hydrogens (tertiary/aromatic N) is 1. The highest BCUT2D eigenvalue weighted by Gasteiger charge is 2.10. The average molecular weight is 325 g/mol. The van der Waals surface area contributed by atoms with E-state index in [-0.39, 0.29) is 5.91 Å². The van der Waals surface area contributed by atoms with Crippen molar-refractivity contribution in [3.05, 3.63) is 53.5 Å². The number of aromatic nitrogens is 1. The van der Waals surface area contributed by atoms with Gasteiger partial charge in [0.1, 0.15) is 5.69 Å². The minimum atomic E-state index is -0.110. The Labute approximate surface area is 139 Å². The summed E-state index contributed by atoms with van der Waals surface area (Å²) in [5.74, 6) is -0.110. The standard InChI is InChI=1S/C18H19N3OS/c1-2-3-11-19-17(22)16-12-23-18(21-16)20-15-10-6-8-13-7-4-5-9-14(13)15/h4-10,12H,2-3,11H2,1H3,(H,19,22)(H,20,21). The third-order valence-electron chi connectivity index (χ3n) is 3.58. The molecular formula is C18H19N3OS. The van der Waals surface area contributed by atoms with Gasteiger partial charge in [0.25, 0.3) is 5.91 Å². The molecule has 0 radical (unpaired) electrons. The number of benzene rings is 2. The minimum absolute atomic E-state index is 0.110. The molecule has 23 heavy (non-hydrogen) atoms. The Hall–Kier alpha value is -2.40. The number of carbonyl (C=O) groups is 1. The lowest BCUT2D eigenvalue weighted by Crippen LogP contribution is -2.24. The fraction of sp³-hybridized carbons (Fsp3) is 0.222. The summed E-state index contributed by atoms with van der Waals surface area (Å²) in [4.78, 5) is 16.4. The first-order valence-electron chi connectivity index (χ1n) is 7.76. The van der Waals surface area contributed by atoms with E-state index >= 15 is 0 Å². The molecule has 2 N–H and O–H groups in total. The van der Waals surface area contributed by atoms with E-state index in [1.165, 1.54) is 16.7 Å². The summed E-state index contributed by atoms with van der Waals surface area (Å²) in [6, 6.07) is 14.3. The van der Waals surface area contributed by atoms with E-state index in [1.54, 1.807) is 5.38 Å². The van der Waals surface area contributed by atoms with Crippen LogP contribution in [0.5, 0.6) is 0 Å². The number of fused-ring (bicyclic) bond motifs is 1. The number of nitrogens with one attached hydrogen (secondary N) is 2. The molecule has 5 heteroatoms. The quantitative estimate of drug-likeness (QED) is 0.653. The number of hydrogen-bond acceptors (Lipinski definition) is 4. The van der Waals surface area contributed by atoms with Gasteiger partial charge in [-0.3, -0.25) is 4.79 Å². The molecule has 0 unspecified atom stereocenters. The van der Waals surface area contributed by atoms with E-state index in [0.717, 1.165) is 29.0 Å². The van der Waals surface area contributed by atoms with Crippen LogP contribution in [0.25, 0.3) is 10.8 Å². The zero-order valence-corrected chi connectivity index (χ0v) is 13.8. The Morgan fingerprint density at radius 2 is 2.00 bits per heavy atom. The summed E-state index contributed by atoms with van der Waals surface area (Å²) in [6.45, 7) is 2.79. The molecule has 0 aliphatic heterocycles. The van der Waals surface area contributed by atoms with E-state index in [0.29, 0.717) is 12.2 Å². The summed E-state index contributed by atoms with van der Waals surface area (Å²) in [5, 5.41) is 11.0. The van der Waals surface area contributed by atoms with E-state index in [2.05, 4.69) is 40.7 Å². The average Bonchev–Trinajstić information content (AvgIpc) is 3.04. The fourth-order valence-corrected chi connectivity index (χ4v) is 3.06. The maximum atomic E-state index is 12.0. The molecule has 1 aromatic heterocycles. The SMILES string of the molecule is CCCCNC(=O)c1csc(Nc2cccc3ccccc23)n1. The van der Waals surface area contributed by atoms with Gasteiger partial charge in [-0.2, -0.15) is 0 Å². The summed E-state index contributed by atoms with van der Waals surface area (Å²) >= 11 is 1.44. The first-order chi connectivity index (χ1) is 11.3. The van der Waals surface area contributed by atoms with Gasteiger partial charge < -0.3 is 10.6 Å². The molecule has 0 fully saturated rings. The van der Waals surface area contributed by atoms with Crippen molar-refractivity contribution in [2.24, 2.45) is 0 Å². The van der Waals surface area contributed by atoms with Gasteiger partial charge >= 0.3 is 0 Å². The molecule has 1 amide bonds. The van der Waals surface area contributed by atoms with Crippen molar-refractivity contribution in [2.45, 2.75) is 19.8 Å². The van der Waals surface area contributed by atoms with Gasteiger partial charge in [-0.15, -0.1) is 11.3 Å². The van der Waals surface area contributed by atoms with Crippen LogP contribution in [0.15, 0.2) is 47.8 Å². The highest BCUT2D eigenvalue weighted by molar-refractivity contribution is 7.14. The molecule has 0 aliphatic rings.